The lowest BCUT2D eigenvalue weighted by Crippen LogP contribution is -2.17. The van der Waals surface area contributed by atoms with Crippen molar-refractivity contribution < 1.29 is 9.63 Å². The second-order valence-electron chi connectivity index (χ2n) is 3.66. The predicted octanol–water partition coefficient (Wildman–Crippen LogP) is 2.41. The van der Waals surface area contributed by atoms with Crippen molar-refractivity contribution in [1.29, 1.82) is 0 Å². The summed E-state index contributed by atoms with van der Waals surface area (Å²) in [4.78, 5) is 3.90. The maximum atomic E-state index is 9.73. The molecule has 0 saturated carbocycles. The van der Waals surface area contributed by atoms with E-state index in [0.29, 0.717) is 36.0 Å². The minimum absolute atomic E-state index is 0.0476. The second kappa shape index (κ2) is 6.04. The van der Waals surface area contributed by atoms with Crippen molar-refractivity contribution in [1.82, 2.24) is 15.5 Å². The van der Waals surface area contributed by atoms with Gasteiger partial charge in [-0.25, -0.2) is 0 Å². The van der Waals surface area contributed by atoms with Gasteiger partial charge in [-0.05, 0) is 12.1 Å². The first-order chi connectivity index (χ1) is 8.66. The molecular formula is C11H11Cl2N3O2. The molecule has 0 saturated heterocycles. The van der Waals surface area contributed by atoms with Crippen LogP contribution < -0.4 is 5.32 Å². The maximum absolute atomic E-state index is 9.73. The van der Waals surface area contributed by atoms with Crippen molar-refractivity contribution >= 4 is 23.2 Å². The lowest BCUT2D eigenvalue weighted by atomic mass is 10.2. The molecule has 1 aromatic carbocycles. The molecule has 0 radical (unpaired) electrons. The number of aromatic hydroxyl groups is 1. The van der Waals surface area contributed by atoms with Crippen molar-refractivity contribution in [2.24, 2.45) is 0 Å². The average molecular weight is 288 g/mol. The number of phenolic OH excluding ortho intramolecular Hbond substituents is 1. The highest BCUT2D eigenvalue weighted by Crippen LogP contribution is 2.30. The third-order valence-corrected chi connectivity index (χ3v) is 2.85. The lowest BCUT2D eigenvalue weighted by Gasteiger charge is -2.08. The molecule has 2 rings (SSSR count). The van der Waals surface area contributed by atoms with Gasteiger partial charge in [0.05, 0.1) is 5.02 Å². The van der Waals surface area contributed by atoms with E-state index in [4.69, 9.17) is 27.7 Å². The molecule has 1 aromatic heterocycles. The molecule has 7 heteroatoms. The van der Waals surface area contributed by atoms with Crippen LogP contribution in [0.3, 0.4) is 0 Å². The third kappa shape index (κ3) is 3.35. The number of nitrogens with one attached hydrogen (secondary N) is 1. The summed E-state index contributed by atoms with van der Waals surface area (Å²) in [5.74, 6) is 0.613. The first-order valence-electron chi connectivity index (χ1n) is 5.30. The molecule has 0 amide bonds. The van der Waals surface area contributed by atoms with Crippen LogP contribution in [0.5, 0.6) is 5.75 Å². The Balaban J connectivity index is 1.86. The Labute approximate surface area is 114 Å². The van der Waals surface area contributed by atoms with E-state index in [1.807, 2.05) is 0 Å². The van der Waals surface area contributed by atoms with Crippen molar-refractivity contribution in [3.05, 3.63) is 40.0 Å². The Bertz CT molecular complexity index is 517. The van der Waals surface area contributed by atoms with Crippen LogP contribution in [0.15, 0.2) is 23.0 Å². The van der Waals surface area contributed by atoms with Crippen LogP contribution in [0.1, 0.15) is 11.5 Å². The molecule has 0 unspecified atom stereocenters. The van der Waals surface area contributed by atoms with Gasteiger partial charge in [0.1, 0.15) is 5.75 Å². The molecule has 0 aliphatic carbocycles. The zero-order chi connectivity index (χ0) is 13.0. The summed E-state index contributed by atoms with van der Waals surface area (Å²) in [6.07, 6.45) is 1.98. The largest absolute Gasteiger partial charge is 0.506 e. The zero-order valence-corrected chi connectivity index (χ0v) is 10.9. The van der Waals surface area contributed by atoms with Gasteiger partial charge in [0, 0.05) is 30.1 Å². The van der Waals surface area contributed by atoms with Gasteiger partial charge in [0.25, 0.3) is 0 Å². The standard InChI is InChI=1S/C11H11Cl2N3O2/c12-8-3-7(11(17)9(13)4-8)5-14-2-1-10-15-6-16-18-10/h3-4,6,14,17H,1-2,5H2. The van der Waals surface area contributed by atoms with Gasteiger partial charge in [-0.15, -0.1) is 0 Å². The molecule has 0 spiro atoms. The van der Waals surface area contributed by atoms with Crippen molar-refractivity contribution in [2.75, 3.05) is 6.54 Å². The Hall–Kier alpha value is -1.30. The number of phenols is 1. The number of halogens is 2. The summed E-state index contributed by atoms with van der Waals surface area (Å²) < 4.78 is 4.86. The van der Waals surface area contributed by atoms with E-state index in [2.05, 4.69) is 15.5 Å². The fourth-order valence-corrected chi connectivity index (χ4v) is 2.01. The number of nitrogens with zero attached hydrogens (tertiary/aromatic N) is 2. The van der Waals surface area contributed by atoms with Gasteiger partial charge in [-0.3, -0.25) is 0 Å². The monoisotopic (exact) mass is 287 g/mol. The number of aromatic nitrogens is 2. The molecule has 2 N–H and O–H groups in total. The Morgan fingerprint density at radius 3 is 2.89 bits per heavy atom. The summed E-state index contributed by atoms with van der Waals surface area (Å²) in [6.45, 7) is 1.10. The van der Waals surface area contributed by atoms with Crippen LogP contribution in [0.2, 0.25) is 10.0 Å². The number of rotatable bonds is 5. The number of hydrogen-bond donors (Lipinski definition) is 2. The van der Waals surface area contributed by atoms with Crippen LogP contribution in [-0.4, -0.2) is 21.8 Å². The minimum Gasteiger partial charge on any atom is -0.506 e. The van der Waals surface area contributed by atoms with Crippen LogP contribution in [0.4, 0.5) is 0 Å². The second-order valence-corrected chi connectivity index (χ2v) is 4.50. The summed E-state index contributed by atoms with van der Waals surface area (Å²) in [7, 11) is 0. The van der Waals surface area contributed by atoms with Crippen molar-refractivity contribution in [3.63, 3.8) is 0 Å². The molecular weight excluding hydrogens is 277 g/mol. The van der Waals surface area contributed by atoms with E-state index in [0.717, 1.165) is 0 Å². The molecule has 1 heterocycles. The quantitative estimate of drug-likeness (QED) is 0.827. The summed E-state index contributed by atoms with van der Waals surface area (Å²) in [6, 6.07) is 3.17. The van der Waals surface area contributed by atoms with Gasteiger partial charge in [0.2, 0.25) is 5.89 Å². The first-order valence-corrected chi connectivity index (χ1v) is 6.05. The van der Waals surface area contributed by atoms with Crippen LogP contribution in [0, 0.1) is 0 Å². The average Bonchev–Trinajstić information content (AvgIpc) is 2.83. The number of hydrogen-bond acceptors (Lipinski definition) is 5. The smallest absolute Gasteiger partial charge is 0.227 e. The Kier molecular flexibility index (Phi) is 4.41. The Morgan fingerprint density at radius 2 is 2.17 bits per heavy atom. The first kappa shape index (κ1) is 13.1. The highest BCUT2D eigenvalue weighted by molar-refractivity contribution is 6.35. The van der Waals surface area contributed by atoms with E-state index in [1.165, 1.54) is 12.4 Å². The number of benzene rings is 1. The molecule has 2 aromatic rings. The van der Waals surface area contributed by atoms with E-state index in [-0.39, 0.29) is 10.8 Å². The maximum Gasteiger partial charge on any atom is 0.227 e. The lowest BCUT2D eigenvalue weighted by molar-refractivity contribution is 0.374. The fourth-order valence-electron chi connectivity index (χ4n) is 1.48. The van der Waals surface area contributed by atoms with E-state index in [1.54, 1.807) is 6.07 Å². The molecule has 0 fully saturated rings. The predicted molar refractivity (Wildman–Crippen MR) is 67.8 cm³/mol. The van der Waals surface area contributed by atoms with E-state index < -0.39 is 0 Å². The van der Waals surface area contributed by atoms with Gasteiger partial charge >= 0.3 is 0 Å². The summed E-state index contributed by atoms with van der Waals surface area (Å²) >= 11 is 11.7. The molecule has 5 nitrogen and oxygen atoms in total. The topological polar surface area (TPSA) is 71.2 Å². The molecule has 0 atom stereocenters. The van der Waals surface area contributed by atoms with Crippen LogP contribution >= 0.6 is 23.2 Å². The van der Waals surface area contributed by atoms with E-state index >= 15 is 0 Å². The highest BCUT2D eigenvalue weighted by atomic mass is 35.5. The van der Waals surface area contributed by atoms with Crippen molar-refractivity contribution in [3.8, 4) is 5.75 Å². The van der Waals surface area contributed by atoms with Crippen LogP contribution in [0.25, 0.3) is 0 Å². The molecule has 18 heavy (non-hydrogen) atoms. The van der Waals surface area contributed by atoms with E-state index in [9.17, 15) is 5.11 Å². The van der Waals surface area contributed by atoms with Crippen molar-refractivity contribution in [2.45, 2.75) is 13.0 Å². The van der Waals surface area contributed by atoms with Gasteiger partial charge in [-0.2, -0.15) is 4.98 Å². The SMILES string of the molecule is Oc1c(Cl)cc(Cl)cc1CNCCc1ncno1. The molecule has 0 aliphatic rings. The zero-order valence-electron chi connectivity index (χ0n) is 9.36. The molecule has 0 aliphatic heterocycles. The summed E-state index contributed by atoms with van der Waals surface area (Å²) in [5.41, 5.74) is 0.651. The highest BCUT2D eigenvalue weighted by Gasteiger charge is 2.07. The van der Waals surface area contributed by atoms with Gasteiger partial charge < -0.3 is 14.9 Å². The molecule has 0 bridgehead atoms. The minimum atomic E-state index is 0.0476. The van der Waals surface area contributed by atoms with Gasteiger partial charge in [0.15, 0.2) is 6.33 Å². The third-order valence-electron chi connectivity index (χ3n) is 2.35. The van der Waals surface area contributed by atoms with Gasteiger partial charge in [-0.1, -0.05) is 28.4 Å². The summed E-state index contributed by atoms with van der Waals surface area (Å²) in [5, 5.41) is 17.1. The fraction of sp³-hybridized carbons (Fsp3) is 0.273. The Morgan fingerprint density at radius 1 is 1.33 bits per heavy atom. The van der Waals surface area contributed by atoms with Crippen LogP contribution in [-0.2, 0) is 13.0 Å². The molecule has 96 valence electrons. The normalized spacial score (nSPS) is 10.8.